The van der Waals surface area contributed by atoms with Gasteiger partial charge in [-0.2, -0.15) is 13.2 Å². The Kier molecular flexibility index (Phi) is 5.72. The van der Waals surface area contributed by atoms with E-state index in [0.717, 1.165) is 32.3 Å². The summed E-state index contributed by atoms with van der Waals surface area (Å²) in [5.74, 6) is -0.746. The summed E-state index contributed by atoms with van der Waals surface area (Å²) >= 11 is 0. The molecule has 4 nitrogen and oxygen atoms in total. The molecule has 0 radical (unpaired) electrons. The largest absolute Gasteiger partial charge is 0.417 e. The summed E-state index contributed by atoms with van der Waals surface area (Å²) in [7, 11) is 0. The first-order valence-corrected chi connectivity index (χ1v) is 9.96. The molecule has 0 aliphatic carbocycles. The minimum atomic E-state index is -4.64. The number of benzene rings is 2. The molecule has 0 spiro atoms. The average Bonchev–Trinajstić information content (AvgIpc) is 2.75. The molecule has 0 atom stereocenters. The molecule has 1 aliphatic rings. The Morgan fingerprint density at radius 2 is 1.80 bits per heavy atom. The van der Waals surface area contributed by atoms with Crippen molar-refractivity contribution in [2.75, 3.05) is 19.6 Å². The van der Waals surface area contributed by atoms with Crippen LogP contribution in [0, 0.1) is 0 Å². The number of hydrogen-bond acceptors (Lipinski definition) is 3. The molecule has 1 aromatic heterocycles. The number of fused-ring (bicyclic) bond motifs is 2. The number of carbonyl (C=O) groups is 1. The van der Waals surface area contributed by atoms with Crippen molar-refractivity contribution in [3.63, 3.8) is 0 Å². The molecular weight excluding hydrogens is 391 g/mol. The van der Waals surface area contributed by atoms with Crippen molar-refractivity contribution in [2.24, 2.45) is 0 Å². The summed E-state index contributed by atoms with van der Waals surface area (Å²) in [4.78, 5) is 18.8. The highest BCUT2D eigenvalue weighted by Crippen LogP contribution is 2.36. The highest BCUT2D eigenvalue weighted by molar-refractivity contribution is 6.00. The molecule has 0 saturated heterocycles. The van der Waals surface area contributed by atoms with Gasteiger partial charge in [0.15, 0.2) is 0 Å². The molecule has 3 aromatic rings. The zero-order valence-corrected chi connectivity index (χ0v) is 16.4. The molecule has 1 N–H and O–H groups in total. The molecule has 0 fully saturated rings. The van der Waals surface area contributed by atoms with Gasteiger partial charge in [-0.1, -0.05) is 42.5 Å². The number of para-hydroxylation sites is 1. The third-order valence-corrected chi connectivity index (χ3v) is 5.45. The quantitative estimate of drug-likeness (QED) is 0.630. The molecule has 1 amide bonds. The fourth-order valence-electron chi connectivity index (χ4n) is 3.96. The number of halogens is 3. The van der Waals surface area contributed by atoms with Crippen LogP contribution in [0.4, 0.5) is 13.2 Å². The van der Waals surface area contributed by atoms with Gasteiger partial charge in [0.25, 0.3) is 5.91 Å². The molecule has 0 unspecified atom stereocenters. The Bertz CT molecular complexity index is 1060. The van der Waals surface area contributed by atoms with Crippen molar-refractivity contribution in [1.82, 2.24) is 15.2 Å². The minimum Gasteiger partial charge on any atom is -0.352 e. The fourth-order valence-corrected chi connectivity index (χ4v) is 3.96. The van der Waals surface area contributed by atoms with Crippen LogP contribution in [0.1, 0.15) is 33.5 Å². The lowest BCUT2D eigenvalue weighted by Gasteiger charge is -2.28. The highest BCUT2D eigenvalue weighted by Gasteiger charge is 2.37. The number of rotatable bonds is 5. The maximum Gasteiger partial charge on any atom is 0.417 e. The molecule has 0 saturated carbocycles. The fraction of sp³-hybridized carbons (Fsp3) is 0.304. The number of hydrogen-bond donors (Lipinski definition) is 1. The van der Waals surface area contributed by atoms with Crippen molar-refractivity contribution in [2.45, 2.75) is 25.6 Å². The Balaban J connectivity index is 1.38. The summed E-state index contributed by atoms with van der Waals surface area (Å²) in [5.41, 5.74) is 1.52. The van der Waals surface area contributed by atoms with E-state index >= 15 is 0 Å². The Hall–Kier alpha value is -2.93. The molecule has 2 heterocycles. The molecule has 156 valence electrons. The van der Waals surface area contributed by atoms with Crippen LogP contribution in [0.15, 0.2) is 54.7 Å². The Morgan fingerprint density at radius 1 is 1.07 bits per heavy atom. The second-order valence-corrected chi connectivity index (χ2v) is 7.47. The lowest BCUT2D eigenvalue weighted by molar-refractivity contribution is -0.136. The first kappa shape index (κ1) is 20.3. The number of pyridine rings is 1. The van der Waals surface area contributed by atoms with Gasteiger partial charge >= 0.3 is 6.18 Å². The minimum absolute atomic E-state index is 0.0652. The van der Waals surface area contributed by atoms with Gasteiger partial charge in [0, 0.05) is 37.8 Å². The van der Waals surface area contributed by atoms with Gasteiger partial charge in [0.1, 0.15) is 0 Å². The van der Waals surface area contributed by atoms with E-state index in [1.54, 1.807) is 6.07 Å². The predicted molar refractivity (Wildman–Crippen MR) is 109 cm³/mol. The zero-order valence-electron chi connectivity index (χ0n) is 16.4. The van der Waals surface area contributed by atoms with E-state index in [-0.39, 0.29) is 10.9 Å². The first-order chi connectivity index (χ1) is 14.4. The molecule has 2 aromatic carbocycles. The highest BCUT2D eigenvalue weighted by atomic mass is 19.4. The van der Waals surface area contributed by atoms with Gasteiger partial charge < -0.3 is 5.32 Å². The monoisotopic (exact) mass is 413 g/mol. The average molecular weight is 413 g/mol. The number of nitrogens with one attached hydrogen (secondary N) is 1. The van der Waals surface area contributed by atoms with E-state index in [1.807, 2.05) is 12.1 Å². The van der Waals surface area contributed by atoms with E-state index in [4.69, 9.17) is 0 Å². The summed E-state index contributed by atoms with van der Waals surface area (Å²) in [6.07, 6.45) is -1.98. The Labute approximate surface area is 172 Å². The lowest BCUT2D eigenvalue weighted by atomic mass is 10.00. The van der Waals surface area contributed by atoms with E-state index < -0.39 is 23.2 Å². The van der Waals surface area contributed by atoms with Crippen molar-refractivity contribution in [3.05, 3.63) is 77.0 Å². The van der Waals surface area contributed by atoms with Crippen LogP contribution in [-0.2, 0) is 19.1 Å². The van der Waals surface area contributed by atoms with E-state index in [0.29, 0.717) is 13.0 Å². The van der Waals surface area contributed by atoms with Crippen LogP contribution >= 0.6 is 0 Å². The second kappa shape index (κ2) is 8.44. The first-order valence-electron chi connectivity index (χ1n) is 9.96. The summed E-state index contributed by atoms with van der Waals surface area (Å²) in [6, 6.07) is 14.3. The second-order valence-electron chi connectivity index (χ2n) is 7.47. The zero-order chi connectivity index (χ0) is 21.1. The third-order valence-electron chi connectivity index (χ3n) is 5.45. The number of aromatic nitrogens is 1. The molecule has 4 rings (SSSR count). The maximum absolute atomic E-state index is 13.7. The lowest BCUT2D eigenvalue weighted by Crippen LogP contribution is -2.34. The Morgan fingerprint density at radius 3 is 2.60 bits per heavy atom. The van der Waals surface area contributed by atoms with Gasteiger partial charge in [-0.15, -0.1) is 0 Å². The van der Waals surface area contributed by atoms with Crippen LogP contribution in [-0.4, -0.2) is 35.4 Å². The van der Waals surface area contributed by atoms with E-state index in [9.17, 15) is 18.0 Å². The molecule has 30 heavy (non-hydrogen) atoms. The van der Waals surface area contributed by atoms with E-state index in [1.165, 1.54) is 29.3 Å². The number of carbonyl (C=O) groups excluding carboxylic acids is 1. The normalized spacial score (nSPS) is 14.5. The van der Waals surface area contributed by atoms with Crippen LogP contribution in [0.2, 0.25) is 0 Å². The number of alkyl halides is 3. The van der Waals surface area contributed by atoms with Gasteiger partial charge in [0.2, 0.25) is 0 Å². The van der Waals surface area contributed by atoms with E-state index in [2.05, 4.69) is 27.3 Å². The van der Waals surface area contributed by atoms with Crippen molar-refractivity contribution < 1.29 is 18.0 Å². The van der Waals surface area contributed by atoms with Crippen molar-refractivity contribution in [1.29, 1.82) is 0 Å². The smallest absolute Gasteiger partial charge is 0.352 e. The molecule has 1 aliphatic heterocycles. The third kappa shape index (κ3) is 4.31. The number of nitrogens with zero attached hydrogens (tertiary/aromatic N) is 2. The van der Waals surface area contributed by atoms with Crippen LogP contribution in [0.5, 0.6) is 0 Å². The van der Waals surface area contributed by atoms with Crippen LogP contribution in [0.25, 0.3) is 10.9 Å². The SMILES string of the molecule is O=C(NCCCN1CCc2ccccc2C1)c1cnc2ccccc2c1C(F)(F)F. The van der Waals surface area contributed by atoms with Crippen LogP contribution in [0.3, 0.4) is 0 Å². The van der Waals surface area contributed by atoms with Gasteiger partial charge in [-0.25, -0.2) is 0 Å². The standard InChI is InChI=1S/C23H22F3N3O/c24-23(25,26)21-18-8-3-4-9-20(18)28-14-19(21)22(30)27-11-5-12-29-13-10-16-6-1-2-7-17(16)15-29/h1-4,6-9,14H,5,10-13,15H2,(H,27,30). The van der Waals surface area contributed by atoms with Crippen LogP contribution < -0.4 is 5.32 Å². The van der Waals surface area contributed by atoms with Crippen molar-refractivity contribution in [3.8, 4) is 0 Å². The van der Waals surface area contributed by atoms with Gasteiger partial charge in [0.05, 0.1) is 16.6 Å². The summed E-state index contributed by atoms with van der Waals surface area (Å²) < 4.78 is 41.0. The topological polar surface area (TPSA) is 45.2 Å². The van der Waals surface area contributed by atoms with Gasteiger partial charge in [-0.3, -0.25) is 14.7 Å². The summed E-state index contributed by atoms with van der Waals surface area (Å²) in [5, 5.41) is 2.56. The molecule has 0 bridgehead atoms. The number of amides is 1. The van der Waals surface area contributed by atoms with Gasteiger partial charge in [-0.05, 0) is 30.0 Å². The molecular formula is C23H22F3N3O. The molecule has 7 heteroatoms. The summed E-state index contributed by atoms with van der Waals surface area (Å²) in [6.45, 7) is 2.88. The maximum atomic E-state index is 13.7. The predicted octanol–water partition coefficient (Wildman–Crippen LogP) is 4.43. The van der Waals surface area contributed by atoms with Crippen molar-refractivity contribution >= 4 is 16.8 Å².